The third-order valence-electron chi connectivity index (χ3n) is 3.19. The van der Waals surface area contributed by atoms with Gasteiger partial charge in [-0.25, -0.2) is 4.79 Å². The number of Topliss-reactive ketones (excluding diaryl/α,β-unsaturated/α-hetero) is 1. The van der Waals surface area contributed by atoms with Crippen LogP contribution >= 0.6 is 0 Å². The summed E-state index contributed by atoms with van der Waals surface area (Å²) in [5.74, 6) is -0.413. The molecule has 2 rings (SSSR count). The molecule has 1 aromatic heterocycles. The second kappa shape index (κ2) is 5.86. The SMILES string of the molecule is CCOC(=O)c1coc(N2CCCCC2C(C)=O)n1. The summed E-state index contributed by atoms with van der Waals surface area (Å²) in [6, 6.07) is 0.116. The third-order valence-corrected chi connectivity index (χ3v) is 3.19. The molecule has 0 aliphatic carbocycles. The van der Waals surface area contributed by atoms with E-state index in [2.05, 4.69) is 4.98 Å². The zero-order chi connectivity index (χ0) is 13.8. The zero-order valence-electron chi connectivity index (χ0n) is 11.2. The van der Waals surface area contributed by atoms with Gasteiger partial charge >= 0.3 is 5.97 Å². The molecule has 1 unspecified atom stereocenters. The number of carbonyl (C=O) groups is 2. The Morgan fingerprint density at radius 2 is 2.32 bits per heavy atom. The number of ketones is 1. The van der Waals surface area contributed by atoms with Crippen LogP contribution in [-0.4, -0.2) is 35.9 Å². The summed E-state index contributed by atoms with van der Waals surface area (Å²) in [4.78, 5) is 29.1. The monoisotopic (exact) mass is 266 g/mol. The first kappa shape index (κ1) is 13.6. The van der Waals surface area contributed by atoms with E-state index in [-0.39, 0.29) is 17.5 Å². The van der Waals surface area contributed by atoms with E-state index in [0.29, 0.717) is 19.2 Å². The van der Waals surface area contributed by atoms with Gasteiger partial charge in [0.05, 0.1) is 12.6 Å². The van der Waals surface area contributed by atoms with E-state index in [1.165, 1.54) is 6.26 Å². The fourth-order valence-corrected chi connectivity index (χ4v) is 2.28. The van der Waals surface area contributed by atoms with Crippen molar-refractivity contribution in [2.75, 3.05) is 18.1 Å². The molecule has 1 saturated heterocycles. The smallest absolute Gasteiger partial charge is 0.360 e. The topological polar surface area (TPSA) is 72.6 Å². The molecule has 1 aromatic rings. The number of piperidine rings is 1. The predicted octanol–water partition coefficient (Wildman–Crippen LogP) is 1.80. The van der Waals surface area contributed by atoms with E-state index < -0.39 is 5.97 Å². The molecule has 1 aliphatic rings. The molecule has 0 N–H and O–H groups in total. The number of hydrogen-bond donors (Lipinski definition) is 0. The van der Waals surface area contributed by atoms with Gasteiger partial charge in [0.2, 0.25) is 0 Å². The maximum Gasteiger partial charge on any atom is 0.360 e. The molecule has 104 valence electrons. The van der Waals surface area contributed by atoms with Crippen molar-refractivity contribution in [3.05, 3.63) is 12.0 Å². The van der Waals surface area contributed by atoms with Gasteiger partial charge in [-0.3, -0.25) is 4.79 Å². The fraction of sp³-hybridized carbons (Fsp3) is 0.615. The van der Waals surface area contributed by atoms with Crippen LogP contribution in [0, 0.1) is 0 Å². The minimum Gasteiger partial charge on any atom is -0.461 e. The molecule has 0 radical (unpaired) electrons. The van der Waals surface area contributed by atoms with Crippen molar-refractivity contribution >= 4 is 17.8 Å². The van der Waals surface area contributed by atoms with Crippen molar-refractivity contribution in [2.45, 2.75) is 39.2 Å². The van der Waals surface area contributed by atoms with E-state index in [9.17, 15) is 9.59 Å². The molecule has 1 atom stereocenters. The Labute approximate surface area is 111 Å². The number of oxazole rings is 1. The third kappa shape index (κ3) is 2.94. The van der Waals surface area contributed by atoms with Gasteiger partial charge < -0.3 is 14.1 Å². The van der Waals surface area contributed by atoms with E-state index in [1.807, 2.05) is 4.90 Å². The molecule has 2 heterocycles. The second-order valence-electron chi connectivity index (χ2n) is 4.55. The number of carbonyl (C=O) groups excluding carboxylic acids is 2. The number of nitrogens with zero attached hydrogens (tertiary/aromatic N) is 2. The molecule has 19 heavy (non-hydrogen) atoms. The zero-order valence-corrected chi connectivity index (χ0v) is 11.2. The fourth-order valence-electron chi connectivity index (χ4n) is 2.28. The van der Waals surface area contributed by atoms with E-state index in [1.54, 1.807) is 13.8 Å². The summed E-state index contributed by atoms with van der Waals surface area (Å²) >= 11 is 0. The lowest BCUT2D eigenvalue weighted by molar-refractivity contribution is -0.118. The van der Waals surface area contributed by atoms with Gasteiger partial charge in [0.15, 0.2) is 11.5 Å². The van der Waals surface area contributed by atoms with Gasteiger partial charge in [0.25, 0.3) is 6.01 Å². The maximum atomic E-state index is 11.6. The van der Waals surface area contributed by atoms with Crippen LogP contribution in [0.3, 0.4) is 0 Å². The van der Waals surface area contributed by atoms with Gasteiger partial charge in [-0.2, -0.15) is 4.98 Å². The Morgan fingerprint density at radius 1 is 1.53 bits per heavy atom. The molecule has 1 fully saturated rings. The van der Waals surface area contributed by atoms with Crippen molar-refractivity contribution in [1.29, 1.82) is 0 Å². The molecule has 0 aromatic carbocycles. The highest BCUT2D eigenvalue weighted by Crippen LogP contribution is 2.24. The summed E-state index contributed by atoms with van der Waals surface area (Å²) < 4.78 is 10.2. The standard InChI is InChI=1S/C13H18N2O4/c1-3-18-12(17)10-8-19-13(14-10)15-7-5-4-6-11(15)9(2)16/h8,11H,3-7H2,1-2H3. The number of esters is 1. The minimum atomic E-state index is -0.506. The van der Waals surface area contributed by atoms with Crippen molar-refractivity contribution in [3.8, 4) is 0 Å². The number of anilines is 1. The van der Waals surface area contributed by atoms with Crippen LogP contribution in [0.15, 0.2) is 10.7 Å². The molecule has 0 amide bonds. The Bertz CT molecular complexity index is 469. The summed E-state index contributed by atoms with van der Waals surface area (Å²) in [6.07, 6.45) is 4.08. The number of hydrogen-bond acceptors (Lipinski definition) is 6. The number of aromatic nitrogens is 1. The molecule has 0 bridgehead atoms. The highest BCUT2D eigenvalue weighted by atomic mass is 16.5. The summed E-state index contributed by atoms with van der Waals surface area (Å²) in [5.41, 5.74) is 0.143. The van der Waals surface area contributed by atoms with Crippen LogP contribution in [0.1, 0.15) is 43.6 Å². The maximum absolute atomic E-state index is 11.6. The van der Waals surface area contributed by atoms with Gasteiger partial charge in [-0.05, 0) is 33.1 Å². The lowest BCUT2D eigenvalue weighted by atomic mass is 10.00. The number of ether oxygens (including phenoxy) is 1. The van der Waals surface area contributed by atoms with Crippen molar-refractivity contribution in [1.82, 2.24) is 4.98 Å². The average Bonchev–Trinajstić information content (AvgIpc) is 2.88. The van der Waals surface area contributed by atoms with E-state index in [4.69, 9.17) is 9.15 Å². The first-order valence-electron chi connectivity index (χ1n) is 6.53. The second-order valence-corrected chi connectivity index (χ2v) is 4.55. The van der Waals surface area contributed by atoms with Crippen LogP contribution in [0.4, 0.5) is 6.01 Å². The Morgan fingerprint density at radius 3 is 3.00 bits per heavy atom. The minimum absolute atomic E-state index is 0.0931. The van der Waals surface area contributed by atoms with Crippen LogP contribution in [0.2, 0.25) is 0 Å². The highest BCUT2D eigenvalue weighted by Gasteiger charge is 2.30. The van der Waals surface area contributed by atoms with Gasteiger partial charge in [-0.15, -0.1) is 0 Å². The van der Waals surface area contributed by atoms with E-state index >= 15 is 0 Å². The van der Waals surface area contributed by atoms with Gasteiger partial charge in [0.1, 0.15) is 6.26 Å². The molecular weight excluding hydrogens is 248 g/mol. The van der Waals surface area contributed by atoms with Crippen molar-refractivity contribution in [2.24, 2.45) is 0 Å². The molecule has 0 spiro atoms. The van der Waals surface area contributed by atoms with Gasteiger partial charge in [0, 0.05) is 6.54 Å². The first-order valence-corrected chi connectivity index (χ1v) is 6.53. The highest BCUT2D eigenvalue weighted by molar-refractivity contribution is 5.88. The lowest BCUT2D eigenvalue weighted by Crippen LogP contribution is -2.44. The molecule has 0 saturated carbocycles. The Balaban J connectivity index is 2.16. The lowest BCUT2D eigenvalue weighted by Gasteiger charge is -2.32. The van der Waals surface area contributed by atoms with E-state index in [0.717, 1.165) is 19.3 Å². The first-order chi connectivity index (χ1) is 9.13. The summed E-state index contributed by atoms with van der Waals surface area (Å²) in [5, 5.41) is 0. The van der Waals surface area contributed by atoms with Crippen LogP contribution in [0.5, 0.6) is 0 Å². The van der Waals surface area contributed by atoms with Crippen molar-refractivity contribution < 1.29 is 18.7 Å². The summed E-state index contributed by atoms with van der Waals surface area (Å²) in [6.45, 7) is 4.31. The molecule has 6 heteroatoms. The Kier molecular flexibility index (Phi) is 4.19. The van der Waals surface area contributed by atoms with Crippen LogP contribution < -0.4 is 4.90 Å². The molecular formula is C13H18N2O4. The normalized spacial score (nSPS) is 19.3. The van der Waals surface area contributed by atoms with Crippen LogP contribution in [0.25, 0.3) is 0 Å². The number of rotatable bonds is 4. The average molecular weight is 266 g/mol. The Hall–Kier alpha value is -1.85. The van der Waals surface area contributed by atoms with Gasteiger partial charge in [-0.1, -0.05) is 0 Å². The van der Waals surface area contributed by atoms with Crippen LogP contribution in [-0.2, 0) is 9.53 Å². The quantitative estimate of drug-likeness (QED) is 0.774. The molecule has 1 aliphatic heterocycles. The van der Waals surface area contributed by atoms with Crippen molar-refractivity contribution in [3.63, 3.8) is 0 Å². The summed E-state index contributed by atoms with van der Waals surface area (Å²) in [7, 11) is 0. The predicted molar refractivity (Wildman–Crippen MR) is 68.1 cm³/mol. The molecule has 6 nitrogen and oxygen atoms in total. The largest absolute Gasteiger partial charge is 0.461 e.